The van der Waals surface area contributed by atoms with E-state index >= 15 is 0 Å². The maximum Gasteiger partial charge on any atom is 0.164 e. The van der Waals surface area contributed by atoms with Crippen LogP contribution in [0.25, 0.3) is 10.3 Å². The lowest BCUT2D eigenvalue weighted by Crippen LogP contribution is -2.31. The first-order valence-corrected chi connectivity index (χ1v) is 11.6. The smallest absolute Gasteiger partial charge is 0.164 e. The van der Waals surface area contributed by atoms with Crippen LogP contribution in [0.5, 0.6) is 0 Å². The van der Waals surface area contributed by atoms with Gasteiger partial charge in [0.15, 0.2) is 5.82 Å². The molecule has 1 saturated heterocycles. The number of halogens is 1. The van der Waals surface area contributed by atoms with Gasteiger partial charge in [0.2, 0.25) is 0 Å². The third kappa shape index (κ3) is 3.72. The molecule has 0 amide bonds. The lowest BCUT2D eigenvalue weighted by Gasteiger charge is -2.27. The molecule has 156 valence electrons. The fourth-order valence-electron chi connectivity index (χ4n) is 4.21. The molecule has 0 spiro atoms. The molecule has 1 fully saturated rings. The Morgan fingerprint density at radius 2 is 2.10 bits per heavy atom. The zero-order valence-corrected chi connectivity index (χ0v) is 18.9. The van der Waals surface area contributed by atoms with Crippen LogP contribution < -0.4 is 4.90 Å². The number of benzene rings is 1. The van der Waals surface area contributed by atoms with Crippen molar-refractivity contribution in [2.45, 2.75) is 19.3 Å². The Hall–Kier alpha value is -2.02. The maximum absolute atomic E-state index is 14.5. The maximum atomic E-state index is 14.5. The summed E-state index contributed by atoms with van der Waals surface area (Å²) in [6.45, 7) is 3.79. The number of aromatic nitrogens is 3. The van der Waals surface area contributed by atoms with Crippen LogP contribution in [0.3, 0.4) is 0 Å². The second-order valence-corrected chi connectivity index (χ2v) is 9.52. The molecule has 0 bridgehead atoms. The van der Waals surface area contributed by atoms with Crippen LogP contribution in [0.1, 0.15) is 23.4 Å². The van der Waals surface area contributed by atoms with Crippen LogP contribution in [0.15, 0.2) is 29.5 Å². The Morgan fingerprint density at radius 3 is 2.93 bits per heavy atom. The van der Waals surface area contributed by atoms with Crippen molar-refractivity contribution < 1.29 is 4.39 Å². The van der Waals surface area contributed by atoms with E-state index in [0.29, 0.717) is 29.5 Å². The summed E-state index contributed by atoms with van der Waals surface area (Å²) in [5.41, 5.74) is 3.18. The molecule has 1 unspecified atom stereocenters. The molecule has 1 atom stereocenters. The number of fused-ring (bicyclic) bond motifs is 2. The van der Waals surface area contributed by atoms with Crippen molar-refractivity contribution in [3.8, 4) is 0 Å². The van der Waals surface area contributed by atoms with Crippen molar-refractivity contribution in [3.05, 3.63) is 40.9 Å². The number of hydrogen-bond donors (Lipinski definition) is 0. The van der Waals surface area contributed by atoms with Gasteiger partial charge in [0.1, 0.15) is 27.5 Å². The standard InChI is InChI=1S/C21H24FN6PS/c1-27-8-5-13(6-9-27)11-23-19(29)21-26-16-18(24-12-25-20(16)30-21)28-10-7-14-3-2-4-15(22)17(14)28/h2-4,12-13H,5-11,29H2,1H3. The highest BCUT2D eigenvalue weighted by molar-refractivity contribution is 7.44. The van der Waals surface area contributed by atoms with Crippen molar-refractivity contribution in [2.75, 3.05) is 38.1 Å². The summed E-state index contributed by atoms with van der Waals surface area (Å²) in [6.07, 6.45) is 4.71. The lowest BCUT2D eigenvalue weighted by atomic mass is 9.97. The number of rotatable bonds is 4. The summed E-state index contributed by atoms with van der Waals surface area (Å²) in [7, 11) is 4.90. The van der Waals surface area contributed by atoms with Crippen LogP contribution in [0.4, 0.5) is 15.9 Å². The van der Waals surface area contributed by atoms with E-state index in [1.54, 1.807) is 6.07 Å². The largest absolute Gasteiger partial charge is 0.321 e. The highest BCUT2D eigenvalue weighted by Gasteiger charge is 2.27. The first-order valence-electron chi connectivity index (χ1n) is 10.3. The zero-order chi connectivity index (χ0) is 20.7. The molecule has 0 N–H and O–H groups in total. The molecular formula is C21H24FN6PS. The van der Waals surface area contributed by atoms with Crippen LogP contribution in [0, 0.1) is 11.7 Å². The van der Waals surface area contributed by atoms with Crippen molar-refractivity contribution in [1.29, 1.82) is 0 Å². The molecule has 30 heavy (non-hydrogen) atoms. The molecule has 1 aromatic carbocycles. The van der Waals surface area contributed by atoms with Gasteiger partial charge in [-0.2, -0.15) is 0 Å². The average molecular weight is 443 g/mol. The molecule has 2 aromatic heterocycles. The molecule has 0 saturated carbocycles. The van der Waals surface area contributed by atoms with Gasteiger partial charge in [-0.15, -0.1) is 0 Å². The van der Waals surface area contributed by atoms with Gasteiger partial charge in [-0.25, -0.2) is 19.3 Å². The molecule has 0 radical (unpaired) electrons. The Kier molecular flexibility index (Phi) is 5.48. The van der Waals surface area contributed by atoms with Gasteiger partial charge in [0.05, 0.1) is 11.1 Å². The molecule has 6 nitrogen and oxygen atoms in total. The van der Waals surface area contributed by atoms with Gasteiger partial charge in [-0.1, -0.05) is 32.7 Å². The fraction of sp³-hybridized carbons (Fsp3) is 0.429. The van der Waals surface area contributed by atoms with Crippen LogP contribution >= 0.6 is 20.6 Å². The number of hydrogen-bond acceptors (Lipinski definition) is 7. The molecule has 5 rings (SSSR count). The first-order chi connectivity index (χ1) is 14.6. The van der Waals surface area contributed by atoms with E-state index in [2.05, 4.69) is 31.2 Å². The van der Waals surface area contributed by atoms with E-state index in [1.165, 1.54) is 36.6 Å². The fourth-order valence-corrected chi connectivity index (χ4v) is 5.38. The van der Waals surface area contributed by atoms with Crippen LogP contribution in [-0.2, 0) is 6.42 Å². The minimum Gasteiger partial charge on any atom is -0.321 e. The van der Waals surface area contributed by atoms with Crippen molar-refractivity contribution >= 4 is 47.9 Å². The van der Waals surface area contributed by atoms with E-state index < -0.39 is 0 Å². The van der Waals surface area contributed by atoms with Gasteiger partial charge in [-0.3, -0.25) is 4.99 Å². The van der Waals surface area contributed by atoms with Gasteiger partial charge < -0.3 is 9.80 Å². The third-order valence-electron chi connectivity index (χ3n) is 5.95. The Labute approximate surface area is 181 Å². The van der Waals surface area contributed by atoms with Crippen LogP contribution in [0.2, 0.25) is 0 Å². The zero-order valence-electron chi connectivity index (χ0n) is 16.9. The van der Waals surface area contributed by atoms with E-state index in [4.69, 9.17) is 9.98 Å². The van der Waals surface area contributed by atoms with E-state index in [9.17, 15) is 4.39 Å². The summed E-state index contributed by atoms with van der Waals surface area (Å²) >= 11 is 1.51. The Bertz CT molecular complexity index is 1110. The summed E-state index contributed by atoms with van der Waals surface area (Å²) in [6, 6.07) is 5.23. The summed E-state index contributed by atoms with van der Waals surface area (Å²) < 4.78 is 14.5. The summed E-state index contributed by atoms with van der Waals surface area (Å²) in [4.78, 5) is 23.6. The van der Waals surface area contributed by atoms with Crippen molar-refractivity contribution in [3.63, 3.8) is 0 Å². The second kappa shape index (κ2) is 8.25. The number of nitrogens with zero attached hydrogens (tertiary/aromatic N) is 6. The number of piperidine rings is 1. The molecule has 3 aromatic rings. The predicted molar refractivity (Wildman–Crippen MR) is 124 cm³/mol. The number of thiazole rings is 1. The predicted octanol–water partition coefficient (Wildman–Crippen LogP) is 3.88. The lowest BCUT2D eigenvalue weighted by molar-refractivity contribution is 0.224. The Morgan fingerprint density at radius 1 is 1.27 bits per heavy atom. The highest BCUT2D eigenvalue weighted by atomic mass is 32.1. The average Bonchev–Trinajstić information content (AvgIpc) is 3.38. The van der Waals surface area contributed by atoms with Gasteiger partial charge in [-0.05, 0) is 56.9 Å². The highest BCUT2D eigenvalue weighted by Crippen LogP contribution is 2.39. The minimum absolute atomic E-state index is 0.223. The summed E-state index contributed by atoms with van der Waals surface area (Å²) in [5.74, 6) is 1.07. The van der Waals surface area contributed by atoms with Gasteiger partial charge in [0.25, 0.3) is 0 Å². The van der Waals surface area contributed by atoms with Gasteiger partial charge >= 0.3 is 0 Å². The molecule has 0 aliphatic carbocycles. The van der Waals surface area contributed by atoms with E-state index in [1.807, 2.05) is 11.0 Å². The van der Waals surface area contributed by atoms with Crippen LogP contribution in [-0.4, -0.2) is 58.5 Å². The molecule has 9 heteroatoms. The molecular weight excluding hydrogens is 418 g/mol. The quantitative estimate of drug-likeness (QED) is 0.453. The Balaban J connectivity index is 1.43. The topological polar surface area (TPSA) is 57.5 Å². The normalized spacial score (nSPS) is 18.4. The SMILES string of the molecule is CN1CCC(CN=C(P)c2nc3c(N4CCc5cccc(F)c54)ncnc3s2)CC1. The molecule has 2 aliphatic rings. The summed E-state index contributed by atoms with van der Waals surface area (Å²) in [5, 5.41) is 0.831. The van der Waals surface area contributed by atoms with Crippen molar-refractivity contribution in [1.82, 2.24) is 19.9 Å². The number of anilines is 2. The number of aliphatic imine (C=N–C) groups is 1. The molecule has 2 aliphatic heterocycles. The third-order valence-corrected chi connectivity index (χ3v) is 7.60. The monoisotopic (exact) mass is 442 g/mol. The van der Waals surface area contributed by atoms with Gasteiger partial charge in [0, 0.05) is 13.1 Å². The molecule has 4 heterocycles. The van der Waals surface area contributed by atoms with E-state index in [-0.39, 0.29) is 5.82 Å². The number of para-hydroxylation sites is 1. The van der Waals surface area contributed by atoms with E-state index in [0.717, 1.165) is 46.9 Å². The minimum atomic E-state index is -0.223. The van der Waals surface area contributed by atoms with Crippen molar-refractivity contribution in [2.24, 2.45) is 10.9 Å². The first kappa shape index (κ1) is 19.9. The number of likely N-dealkylation sites (tertiary alicyclic amines) is 1. The second-order valence-electron chi connectivity index (χ2n) is 7.99.